The van der Waals surface area contributed by atoms with E-state index in [9.17, 15) is 0 Å². The summed E-state index contributed by atoms with van der Waals surface area (Å²) in [6.45, 7) is 9.57. The van der Waals surface area contributed by atoms with E-state index in [1.165, 1.54) is 5.56 Å². The summed E-state index contributed by atoms with van der Waals surface area (Å²) in [5.41, 5.74) is 2.24. The molecule has 1 aliphatic rings. The topological polar surface area (TPSA) is 65.0 Å². The lowest BCUT2D eigenvalue weighted by Crippen LogP contribution is -2.56. The third-order valence-electron chi connectivity index (χ3n) is 5.47. The van der Waals surface area contributed by atoms with Crippen LogP contribution in [0.25, 0.3) is 10.9 Å². The van der Waals surface area contributed by atoms with Gasteiger partial charge in [0, 0.05) is 58.2 Å². The maximum absolute atomic E-state index is 5.48. The smallest absolute Gasteiger partial charge is 0.191 e. The SMILES string of the molecule is CN=C(NCc1cc(N(C)C)nc2ccccc12)NCC(C)(C)N1CCOCC1. The molecule has 7 heteroatoms. The highest BCUT2D eigenvalue weighted by Crippen LogP contribution is 2.22. The van der Waals surface area contributed by atoms with E-state index in [4.69, 9.17) is 9.72 Å². The molecule has 0 bridgehead atoms. The lowest BCUT2D eigenvalue weighted by Gasteiger charge is -2.41. The van der Waals surface area contributed by atoms with E-state index in [-0.39, 0.29) is 5.54 Å². The Morgan fingerprint density at radius 3 is 2.62 bits per heavy atom. The lowest BCUT2D eigenvalue weighted by molar-refractivity contribution is -0.00834. The van der Waals surface area contributed by atoms with Gasteiger partial charge in [0.1, 0.15) is 5.82 Å². The summed E-state index contributed by atoms with van der Waals surface area (Å²) in [7, 11) is 5.85. The van der Waals surface area contributed by atoms with E-state index in [1.807, 2.05) is 32.1 Å². The molecule has 7 nitrogen and oxygen atoms in total. The highest BCUT2D eigenvalue weighted by Gasteiger charge is 2.28. The van der Waals surface area contributed by atoms with Crippen LogP contribution in [0.15, 0.2) is 35.3 Å². The van der Waals surface area contributed by atoms with Crippen LogP contribution in [-0.2, 0) is 11.3 Å². The Morgan fingerprint density at radius 2 is 1.93 bits per heavy atom. The Hall–Kier alpha value is -2.38. The largest absolute Gasteiger partial charge is 0.379 e. The molecule has 0 spiro atoms. The molecule has 2 heterocycles. The third kappa shape index (κ3) is 5.36. The van der Waals surface area contributed by atoms with Crippen LogP contribution in [0, 0.1) is 0 Å². The van der Waals surface area contributed by atoms with E-state index in [0.29, 0.717) is 6.54 Å². The van der Waals surface area contributed by atoms with Gasteiger partial charge in [-0.1, -0.05) is 18.2 Å². The molecule has 0 aliphatic carbocycles. The van der Waals surface area contributed by atoms with Gasteiger partial charge in [-0.05, 0) is 31.5 Å². The van der Waals surface area contributed by atoms with Crippen LogP contribution in [0.3, 0.4) is 0 Å². The second-order valence-corrected chi connectivity index (χ2v) is 8.24. The van der Waals surface area contributed by atoms with Gasteiger partial charge in [-0.3, -0.25) is 9.89 Å². The quantitative estimate of drug-likeness (QED) is 0.574. The number of morpholine rings is 1. The number of hydrogen-bond acceptors (Lipinski definition) is 5. The molecular formula is C22H34N6O. The number of nitrogens with zero attached hydrogens (tertiary/aromatic N) is 4. The van der Waals surface area contributed by atoms with Gasteiger partial charge in [0.25, 0.3) is 0 Å². The molecule has 1 aromatic heterocycles. The summed E-state index contributed by atoms with van der Waals surface area (Å²) in [6.07, 6.45) is 0. The van der Waals surface area contributed by atoms with Crippen molar-refractivity contribution >= 4 is 22.7 Å². The zero-order chi connectivity index (χ0) is 20.9. The molecule has 2 N–H and O–H groups in total. The van der Waals surface area contributed by atoms with Crippen LogP contribution in [-0.4, -0.2) is 75.4 Å². The Labute approximate surface area is 174 Å². The molecule has 0 amide bonds. The van der Waals surface area contributed by atoms with Crippen molar-refractivity contribution in [3.63, 3.8) is 0 Å². The Morgan fingerprint density at radius 1 is 1.21 bits per heavy atom. The van der Waals surface area contributed by atoms with Gasteiger partial charge in [-0.25, -0.2) is 4.98 Å². The molecular weight excluding hydrogens is 364 g/mol. The summed E-state index contributed by atoms with van der Waals surface area (Å²) in [6, 6.07) is 10.4. The average molecular weight is 399 g/mol. The van der Waals surface area contributed by atoms with E-state index in [0.717, 1.165) is 55.5 Å². The summed E-state index contributed by atoms with van der Waals surface area (Å²) in [5.74, 6) is 1.76. The van der Waals surface area contributed by atoms with Crippen LogP contribution < -0.4 is 15.5 Å². The fourth-order valence-corrected chi connectivity index (χ4v) is 3.59. The van der Waals surface area contributed by atoms with Gasteiger partial charge in [0.2, 0.25) is 0 Å². The summed E-state index contributed by atoms with van der Waals surface area (Å²) in [5, 5.41) is 8.12. The third-order valence-corrected chi connectivity index (χ3v) is 5.47. The first-order valence-electron chi connectivity index (χ1n) is 10.2. The predicted molar refractivity (Wildman–Crippen MR) is 121 cm³/mol. The second kappa shape index (κ2) is 9.41. The number of ether oxygens (including phenoxy) is 1. The van der Waals surface area contributed by atoms with Crippen molar-refractivity contribution in [3.05, 3.63) is 35.9 Å². The van der Waals surface area contributed by atoms with Crippen LogP contribution in [0.5, 0.6) is 0 Å². The van der Waals surface area contributed by atoms with Crippen molar-refractivity contribution < 1.29 is 4.74 Å². The number of rotatable bonds is 6. The number of guanidine groups is 1. The first kappa shape index (κ1) is 21.3. The van der Waals surface area contributed by atoms with Crippen LogP contribution in [0.1, 0.15) is 19.4 Å². The number of anilines is 1. The molecule has 0 saturated carbocycles. The molecule has 1 fully saturated rings. The number of aromatic nitrogens is 1. The van der Waals surface area contributed by atoms with Crippen LogP contribution in [0.4, 0.5) is 5.82 Å². The molecule has 1 aromatic carbocycles. The molecule has 1 aliphatic heterocycles. The van der Waals surface area contributed by atoms with Crippen molar-refractivity contribution in [2.75, 3.05) is 58.9 Å². The van der Waals surface area contributed by atoms with E-state index < -0.39 is 0 Å². The number of hydrogen-bond donors (Lipinski definition) is 2. The molecule has 29 heavy (non-hydrogen) atoms. The summed E-state index contributed by atoms with van der Waals surface area (Å²) >= 11 is 0. The Balaban J connectivity index is 1.66. The maximum atomic E-state index is 5.48. The fraction of sp³-hybridized carbons (Fsp3) is 0.545. The minimum Gasteiger partial charge on any atom is -0.379 e. The van der Waals surface area contributed by atoms with Crippen molar-refractivity contribution in [1.29, 1.82) is 0 Å². The van der Waals surface area contributed by atoms with E-state index in [1.54, 1.807) is 0 Å². The number of nitrogens with one attached hydrogen (secondary N) is 2. The van der Waals surface area contributed by atoms with Crippen LogP contribution in [0.2, 0.25) is 0 Å². The summed E-state index contributed by atoms with van der Waals surface area (Å²) < 4.78 is 5.48. The van der Waals surface area contributed by atoms with Crippen molar-refractivity contribution in [1.82, 2.24) is 20.5 Å². The zero-order valence-electron chi connectivity index (χ0n) is 18.3. The Bertz CT molecular complexity index is 842. The van der Waals surface area contributed by atoms with Crippen molar-refractivity contribution in [2.24, 2.45) is 4.99 Å². The molecule has 0 unspecified atom stereocenters. The summed E-state index contributed by atoms with van der Waals surface area (Å²) in [4.78, 5) is 13.7. The van der Waals surface area contributed by atoms with E-state index >= 15 is 0 Å². The normalized spacial score (nSPS) is 16.1. The number of para-hydroxylation sites is 1. The van der Waals surface area contributed by atoms with Gasteiger partial charge in [-0.2, -0.15) is 0 Å². The molecule has 0 radical (unpaired) electrons. The molecule has 1 saturated heterocycles. The van der Waals surface area contributed by atoms with Gasteiger partial charge < -0.3 is 20.3 Å². The molecule has 2 aromatic rings. The number of benzene rings is 1. The minimum absolute atomic E-state index is 0.0306. The Kier molecular flexibility index (Phi) is 6.92. The maximum Gasteiger partial charge on any atom is 0.191 e. The molecule has 0 atom stereocenters. The minimum atomic E-state index is 0.0306. The lowest BCUT2D eigenvalue weighted by atomic mass is 10.0. The number of fused-ring (bicyclic) bond motifs is 1. The first-order valence-corrected chi connectivity index (χ1v) is 10.2. The predicted octanol–water partition coefficient (Wildman–Crippen LogP) is 2.08. The highest BCUT2D eigenvalue weighted by molar-refractivity contribution is 5.85. The van der Waals surface area contributed by atoms with Gasteiger partial charge in [0.05, 0.1) is 18.7 Å². The monoisotopic (exact) mass is 398 g/mol. The zero-order valence-corrected chi connectivity index (χ0v) is 18.3. The standard InChI is InChI=1S/C22H34N6O/c1-22(2,28-10-12-29-13-11-28)16-25-21(23-3)24-15-17-14-20(27(4)5)26-19-9-7-6-8-18(17)19/h6-9,14H,10-13,15-16H2,1-5H3,(H2,23,24,25). The molecule has 3 rings (SSSR count). The number of pyridine rings is 1. The van der Waals surface area contributed by atoms with Gasteiger partial charge in [-0.15, -0.1) is 0 Å². The van der Waals surface area contributed by atoms with E-state index in [2.05, 4.69) is 58.6 Å². The average Bonchev–Trinajstić information content (AvgIpc) is 2.74. The highest BCUT2D eigenvalue weighted by atomic mass is 16.5. The van der Waals surface area contributed by atoms with Crippen molar-refractivity contribution in [2.45, 2.75) is 25.9 Å². The second-order valence-electron chi connectivity index (χ2n) is 8.24. The first-order chi connectivity index (χ1) is 13.9. The van der Waals surface area contributed by atoms with Gasteiger partial charge >= 0.3 is 0 Å². The van der Waals surface area contributed by atoms with Crippen LogP contribution >= 0.6 is 0 Å². The fourth-order valence-electron chi connectivity index (χ4n) is 3.59. The van der Waals surface area contributed by atoms with Gasteiger partial charge in [0.15, 0.2) is 5.96 Å². The van der Waals surface area contributed by atoms with Crippen molar-refractivity contribution in [3.8, 4) is 0 Å². The number of aliphatic imine (C=N–C) groups is 1. The molecule has 158 valence electrons.